The number of esters is 1. The first-order valence-electron chi connectivity index (χ1n) is 7.73. The summed E-state index contributed by atoms with van der Waals surface area (Å²) in [5.74, 6) is -0.361. The van der Waals surface area contributed by atoms with Crippen molar-refractivity contribution in [3.63, 3.8) is 0 Å². The van der Waals surface area contributed by atoms with Crippen molar-refractivity contribution in [2.75, 3.05) is 20.3 Å². The predicted molar refractivity (Wildman–Crippen MR) is 94.2 cm³/mol. The summed E-state index contributed by atoms with van der Waals surface area (Å²) < 4.78 is 10.0. The van der Waals surface area contributed by atoms with E-state index in [0.29, 0.717) is 29.8 Å². The van der Waals surface area contributed by atoms with Crippen LogP contribution in [0.1, 0.15) is 33.6 Å². The molecule has 0 unspecified atom stereocenters. The maximum Gasteiger partial charge on any atom is 0.306 e. The lowest BCUT2D eigenvalue weighted by molar-refractivity contribution is -0.142. The first-order valence-corrected chi connectivity index (χ1v) is 8.67. The Labute approximate surface area is 149 Å². The largest absolute Gasteiger partial charge is 0.497 e. The highest BCUT2D eigenvalue weighted by molar-refractivity contribution is 7.08. The Bertz CT molecular complexity index is 727. The fourth-order valence-corrected chi connectivity index (χ4v) is 2.66. The molecule has 25 heavy (non-hydrogen) atoms. The third kappa shape index (κ3) is 6.04. The molecular weight excluding hydrogens is 342 g/mol. The molecule has 0 bridgehead atoms. The second kappa shape index (κ2) is 9.58. The number of benzene rings is 1. The van der Waals surface area contributed by atoms with Gasteiger partial charge in [-0.25, -0.2) is 0 Å². The van der Waals surface area contributed by atoms with Gasteiger partial charge in [-0.1, -0.05) is 12.1 Å². The van der Waals surface area contributed by atoms with Crippen LogP contribution >= 0.6 is 11.3 Å². The zero-order valence-corrected chi connectivity index (χ0v) is 14.6. The highest BCUT2D eigenvalue weighted by atomic mass is 32.1. The molecule has 2 rings (SSSR count). The molecule has 132 valence electrons. The van der Waals surface area contributed by atoms with Crippen LogP contribution in [0.3, 0.4) is 0 Å². The number of carbonyl (C=O) groups excluding carboxylic acids is 3. The van der Waals surface area contributed by atoms with E-state index in [1.807, 2.05) is 5.38 Å². The number of ketones is 1. The van der Waals surface area contributed by atoms with E-state index in [9.17, 15) is 14.4 Å². The number of hydrogen-bond donors (Lipinski definition) is 1. The number of Topliss-reactive ketones (excluding diaryl/α,β-unsaturated/α-hetero) is 1. The van der Waals surface area contributed by atoms with Crippen LogP contribution in [0.25, 0.3) is 0 Å². The summed E-state index contributed by atoms with van der Waals surface area (Å²) in [5.41, 5.74) is 1.03. The van der Waals surface area contributed by atoms with Crippen LogP contribution in [-0.4, -0.2) is 37.9 Å². The third-order valence-electron chi connectivity index (χ3n) is 3.38. The summed E-state index contributed by atoms with van der Waals surface area (Å²) in [7, 11) is 1.51. The summed E-state index contributed by atoms with van der Waals surface area (Å²) in [6.45, 7) is 0.0564. The molecule has 0 aliphatic rings. The monoisotopic (exact) mass is 361 g/mol. The molecule has 7 heteroatoms. The Kier molecular flexibility index (Phi) is 7.16. The third-order valence-corrected chi connectivity index (χ3v) is 4.07. The van der Waals surface area contributed by atoms with E-state index < -0.39 is 5.97 Å². The topological polar surface area (TPSA) is 81.7 Å². The van der Waals surface area contributed by atoms with Crippen molar-refractivity contribution in [1.29, 1.82) is 0 Å². The van der Waals surface area contributed by atoms with Crippen molar-refractivity contribution in [2.24, 2.45) is 0 Å². The van der Waals surface area contributed by atoms with E-state index in [2.05, 4.69) is 5.32 Å². The molecule has 1 aromatic carbocycles. The van der Waals surface area contributed by atoms with Crippen LogP contribution in [0.4, 0.5) is 0 Å². The number of hydrogen-bond acceptors (Lipinski definition) is 6. The van der Waals surface area contributed by atoms with Crippen molar-refractivity contribution < 1.29 is 23.9 Å². The predicted octanol–water partition coefficient (Wildman–Crippen LogP) is 2.69. The van der Waals surface area contributed by atoms with Gasteiger partial charge in [0.1, 0.15) is 5.75 Å². The zero-order chi connectivity index (χ0) is 18.1. The Balaban J connectivity index is 1.65. The second-order valence-corrected chi connectivity index (χ2v) is 5.97. The van der Waals surface area contributed by atoms with Gasteiger partial charge in [0.05, 0.1) is 7.11 Å². The highest BCUT2D eigenvalue weighted by Gasteiger charge is 2.11. The van der Waals surface area contributed by atoms with Crippen LogP contribution in [0.5, 0.6) is 5.75 Å². The van der Waals surface area contributed by atoms with E-state index in [-0.39, 0.29) is 24.7 Å². The molecule has 0 fully saturated rings. The van der Waals surface area contributed by atoms with E-state index in [1.54, 1.807) is 35.7 Å². The Morgan fingerprint density at radius 1 is 1.16 bits per heavy atom. The standard InChI is InChI=1S/C18H19NO5S/c1-23-15-5-2-4-13(10-15)16(20)11-24-17(21)6-3-8-19-18(22)14-7-9-25-12-14/h2,4-5,7,9-10,12H,3,6,8,11H2,1H3,(H,19,22). The summed E-state index contributed by atoms with van der Waals surface area (Å²) in [6.07, 6.45) is 0.581. The molecule has 0 saturated carbocycles. The maximum atomic E-state index is 12.0. The van der Waals surface area contributed by atoms with Gasteiger partial charge in [0.2, 0.25) is 0 Å². The van der Waals surface area contributed by atoms with Gasteiger partial charge >= 0.3 is 5.97 Å². The minimum Gasteiger partial charge on any atom is -0.497 e. The van der Waals surface area contributed by atoms with Gasteiger partial charge < -0.3 is 14.8 Å². The van der Waals surface area contributed by atoms with Gasteiger partial charge in [-0.15, -0.1) is 0 Å². The fourth-order valence-electron chi connectivity index (χ4n) is 2.03. The van der Waals surface area contributed by atoms with Crippen molar-refractivity contribution in [2.45, 2.75) is 12.8 Å². The molecule has 1 amide bonds. The molecule has 0 aliphatic heterocycles. The lowest BCUT2D eigenvalue weighted by atomic mass is 10.1. The Morgan fingerprint density at radius 3 is 2.72 bits per heavy atom. The Hall–Kier alpha value is -2.67. The molecule has 6 nitrogen and oxygen atoms in total. The molecule has 0 radical (unpaired) electrons. The minimum absolute atomic E-state index is 0.134. The molecule has 1 N–H and O–H groups in total. The molecular formula is C18H19NO5S. The number of thiophene rings is 1. The molecule has 0 atom stereocenters. The van der Waals surface area contributed by atoms with Gasteiger partial charge in [-0.05, 0) is 30.0 Å². The quantitative estimate of drug-likeness (QED) is 0.422. The first kappa shape index (κ1) is 18.7. The normalized spacial score (nSPS) is 10.1. The van der Waals surface area contributed by atoms with Crippen LogP contribution in [0.2, 0.25) is 0 Å². The minimum atomic E-state index is -0.471. The molecule has 2 aromatic rings. The smallest absolute Gasteiger partial charge is 0.306 e. The highest BCUT2D eigenvalue weighted by Crippen LogP contribution is 2.13. The first-order chi connectivity index (χ1) is 12.1. The van der Waals surface area contributed by atoms with Crippen molar-refractivity contribution >= 4 is 29.0 Å². The lowest BCUT2D eigenvalue weighted by Gasteiger charge is -2.06. The fraction of sp³-hybridized carbons (Fsp3) is 0.278. The van der Waals surface area contributed by atoms with Crippen LogP contribution in [0.15, 0.2) is 41.1 Å². The van der Waals surface area contributed by atoms with Crippen molar-refractivity contribution in [1.82, 2.24) is 5.32 Å². The number of rotatable bonds is 9. The van der Waals surface area contributed by atoms with E-state index >= 15 is 0 Å². The molecule has 0 spiro atoms. The van der Waals surface area contributed by atoms with Crippen LogP contribution in [-0.2, 0) is 9.53 Å². The van der Waals surface area contributed by atoms with E-state index in [1.165, 1.54) is 18.4 Å². The number of nitrogens with one attached hydrogen (secondary N) is 1. The van der Waals surface area contributed by atoms with Crippen LogP contribution in [0, 0.1) is 0 Å². The SMILES string of the molecule is COc1cccc(C(=O)COC(=O)CCCNC(=O)c2ccsc2)c1. The molecule has 1 aromatic heterocycles. The average Bonchev–Trinajstić information content (AvgIpc) is 3.18. The van der Waals surface area contributed by atoms with Gasteiger partial charge in [0.25, 0.3) is 5.91 Å². The summed E-state index contributed by atoms with van der Waals surface area (Å²) >= 11 is 1.45. The van der Waals surface area contributed by atoms with Crippen molar-refractivity contribution in [3.8, 4) is 5.75 Å². The number of carbonyl (C=O) groups is 3. The summed E-state index contributed by atoms with van der Waals surface area (Å²) in [4.78, 5) is 35.3. The van der Waals surface area contributed by atoms with E-state index in [4.69, 9.17) is 9.47 Å². The van der Waals surface area contributed by atoms with Crippen molar-refractivity contribution in [3.05, 3.63) is 52.2 Å². The number of methoxy groups -OCH3 is 1. The van der Waals surface area contributed by atoms with Crippen LogP contribution < -0.4 is 10.1 Å². The molecule has 0 saturated heterocycles. The summed E-state index contributed by atoms with van der Waals surface area (Å²) in [5, 5.41) is 6.31. The second-order valence-electron chi connectivity index (χ2n) is 5.19. The van der Waals surface area contributed by atoms with Gasteiger partial charge in [-0.3, -0.25) is 14.4 Å². The average molecular weight is 361 g/mol. The molecule has 1 heterocycles. The molecule has 0 aliphatic carbocycles. The van der Waals surface area contributed by atoms with Gasteiger partial charge in [0, 0.05) is 29.5 Å². The number of ether oxygens (including phenoxy) is 2. The lowest BCUT2D eigenvalue weighted by Crippen LogP contribution is -2.24. The Morgan fingerprint density at radius 2 is 2.00 bits per heavy atom. The van der Waals surface area contributed by atoms with Gasteiger partial charge in [0.15, 0.2) is 12.4 Å². The maximum absolute atomic E-state index is 12.0. The number of amides is 1. The van der Waals surface area contributed by atoms with E-state index in [0.717, 1.165) is 0 Å². The summed E-state index contributed by atoms with van der Waals surface area (Å²) in [6, 6.07) is 8.39. The van der Waals surface area contributed by atoms with Gasteiger partial charge in [-0.2, -0.15) is 11.3 Å². The zero-order valence-electron chi connectivity index (χ0n) is 13.8.